The van der Waals surface area contributed by atoms with Crippen LogP contribution in [0, 0.1) is 10.1 Å². The summed E-state index contributed by atoms with van der Waals surface area (Å²) in [7, 11) is 4.46. The molecule has 2 aliphatic rings. The molecule has 0 radical (unpaired) electrons. The number of rotatable bonds is 17. The Balaban J connectivity index is 0.957. The molecule has 11 nitrogen and oxygen atoms in total. The molecule has 4 aromatic carbocycles. The van der Waals surface area contributed by atoms with Crippen molar-refractivity contribution in [3.8, 4) is 11.1 Å². The zero-order valence-electron chi connectivity index (χ0n) is 33.1. The van der Waals surface area contributed by atoms with Crippen LogP contribution in [-0.2, 0) is 11.1 Å². The second-order valence-electron chi connectivity index (χ2n) is 14.5. The van der Waals surface area contributed by atoms with Crippen LogP contribution in [0.2, 0.25) is 0 Å². The molecule has 0 amide bonds. The highest BCUT2D eigenvalue weighted by Crippen LogP contribution is 2.39. The first-order chi connectivity index (χ1) is 28.2. The number of thioether (sulfide) groups is 1. The average molecular weight is 837 g/mol. The summed E-state index contributed by atoms with van der Waals surface area (Å²) in [6.07, 6.45) is 9.27. The fourth-order valence-electron chi connectivity index (χ4n) is 7.14. The molecule has 5 aromatic rings. The van der Waals surface area contributed by atoms with Gasteiger partial charge in [0.2, 0.25) is 0 Å². The summed E-state index contributed by atoms with van der Waals surface area (Å²) >= 11 is 7.98. The maximum absolute atomic E-state index is 12.1. The van der Waals surface area contributed by atoms with Gasteiger partial charge in [-0.1, -0.05) is 54.1 Å². The SMILES string of the molecule is COP(Nc1ccc(N2CCN(c3cccc(-c4cn(CCN(C)C)nc4C4C=CC(Cl)=CC4)c3)CC2)cc1)c1ccc(NCCSc2ccccc2)c([N+](=O)[O-])c1. The summed E-state index contributed by atoms with van der Waals surface area (Å²) in [5, 5.41) is 25.4. The van der Waals surface area contributed by atoms with Crippen LogP contribution in [0.15, 0.2) is 131 Å². The van der Waals surface area contributed by atoms with Crippen LogP contribution in [-0.4, -0.2) is 85.8 Å². The second-order valence-corrected chi connectivity index (χ2v) is 17.8. The van der Waals surface area contributed by atoms with E-state index in [0.29, 0.717) is 12.2 Å². The van der Waals surface area contributed by atoms with Crippen molar-refractivity contribution in [3.05, 3.63) is 142 Å². The number of likely N-dealkylation sites (N-methyl/N-ethyl adjacent to an activating group) is 1. The van der Waals surface area contributed by atoms with E-state index in [1.54, 1.807) is 31.0 Å². The number of nitrogens with zero attached hydrogens (tertiary/aromatic N) is 6. The van der Waals surface area contributed by atoms with Crippen LogP contribution in [0.3, 0.4) is 0 Å². The third kappa shape index (κ3) is 10.6. The molecular formula is C44H50ClN8O3PS. The Labute approximate surface area is 351 Å². The third-order valence-corrected chi connectivity index (χ3v) is 13.1. The Hall–Kier alpha value is -4.84. The standard InChI is InChI=1S/C44H50ClN8O3PS/c1-49(2)23-28-52-32-41(44(47-52)33-12-14-35(45)15-13-33)34-8-7-9-38(30-34)51-26-24-50(25-27-51)37-18-16-36(17-19-37)48-57(56-3)39-20-21-42(43(31-39)53(54)55)46-22-29-58-40-10-5-4-6-11-40/h4-12,14-21,30-33,46,48H,13,22-29H2,1-3H3. The van der Waals surface area contributed by atoms with Gasteiger partial charge in [-0.25, -0.2) is 0 Å². The summed E-state index contributed by atoms with van der Waals surface area (Å²) in [4.78, 5) is 19.9. The van der Waals surface area contributed by atoms with E-state index in [9.17, 15) is 10.1 Å². The van der Waals surface area contributed by atoms with Crippen LogP contribution in [0.25, 0.3) is 11.1 Å². The maximum Gasteiger partial charge on any atom is 0.293 e. The molecule has 2 unspecified atom stereocenters. The fourth-order valence-corrected chi connectivity index (χ4v) is 9.35. The largest absolute Gasteiger partial charge is 0.379 e. The predicted molar refractivity (Wildman–Crippen MR) is 243 cm³/mol. The van der Waals surface area contributed by atoms with Gasteiger partial charge < -0.3 is 29.6 Å². The minimum absolute atomic E-state index is 0.0338. The van der Waals surface area contributed by atoms with Gasteiger partial charge in [-0.3, -0.25) is 14.8 Å². The summed E-state index contributed by atoms with van der Waals surface area (Å²) in [6, 6.07) is 32.6. The molecule has 7 rings (SSSR count). The lowest BCUT2D eigenvalue weighted by atomic mass is 9.92. The number of nitro groups is 1. The molecule has 1 aliphatic carbocycles. The van der Waals surface area contributed by atoms with E-state index in [2.05, 4.69) is 123 Å². The number of aromatic nitrogens is 2. The molecule has 2 atom stereocenters. The maximum atomic E-state index is 12.1. The number of hydrogen-bond acceptors (Lipinski definition) is 10. The quantitative estimate of drug-likeness (QED) is 0.0310. The summed E-state index contributed by atoms with van der Waals surface area (Å²) in [6.45, 7) is 5.93. The summed E-state index contributed by atoms with van der Waals surface area (Å²) in [5.41, 5.74) is 7.22. The van der Waals surface area contributed by atoms with Gasteiger partial charge in [0.05, 0.1) is 17.2 Å². The Bertz CT molecular complexity index is 2210. The van der Waals surface area contributed by atoms with Gasteiger partial charge in [0.25, 0.3) is 5.69 Å². The summed E-state index contributed by atoms with van der Waals surface area (Å²) in [5.74, 6) is 0.971. The molecule has 1 aromatic heterocycles. The van der Waals surface area contributed by atoms with Gasteiger partial charge in [-0.15, -0.1) is 11.8 Å². The van der Waals surface area contributed by atoms with Crippen molar-refractivity contribution in [3.63, 3.8) is 0 Å². The topological polar surface area (TPSA) is 104 Å². The first-order valence-electron chi connectivity index (χ1n) is 19.5. The Kier molecular flexibility index (Phi) is 14.1. The summed E-state index contributed by atoms with van der Waals surface area (Å²) < 4.78 is 7.92. The van der Waals surface area contributed by atoms with Gasteiger partial charge in [0, 0.05) is 108 Å². The number of anilines is 4. The molecule has 14 heteroatoms. The lowest BCUT2D eigenvalue weighted by molar-refractivity contribution is -0.383. The Morgan fingerprint density at radius 2 is 1.72 bits per heavy atom. The van der Waals surface area contributed by atoms with Crippen molar-refractivity contribution < 1.29 is 9.45 Å². The number of benzene rings is 4. The molecule has 0 spiro atoms. The molecule has 1 aliphatic heterocycles. The van der Waals surface area contributed by atoms with Crippen molar-refractivity contribution in [1.29, 1.82) is 0 Å². The zero-order chi connectivity index (χ0) is 40.4. The molecule has 58 heavy (non-hydrogen) atoms. The minimum atomic E-state index is -1.34. The van der Waals surface area contributed by atoms with Crippen molar-refractivity contribution >= 4 is 65.4 Å². The van der Waals surface area contributed by atoms with Crippen molar-refractivity contribution in [1.82, 2.24) is 14.7 Å². The van der Waals surface area contributed by atoms with E-state index < -0.39 is 8.30 Å². The van der Waals surface area contributed by atoms with Crippen LogP contribution in [0.4, 0.5) is 28.4 Å². The van der Waals surface area contributed by atoms with Gasteiger partial charge in [0.1, 0.15) is 5.69 Å². The van der Waals surface area contributed by atoms with Gasteiger partial charge in [0.15, 0.2) is 8.30 Å². The molecule has 0 saturated carbocycles. The molecule has 0 bridgehead atoms. The van der Waals surface area contributed by atoms with Crippen LogP contribution < -0.4 is 25.5 Å². The lowest BCUT2D eigenvalue weighted by Gasteiger charge is -2.37. The first-order valence-corrected chi connectivity index (χ1v) is 22.1. The Morgan fingerprint density at radius 3 is 2.41 bits per heavy atom. The number of nitro benzene ring substituents is 1. The van der Waals surface area contributed by atoms with Crippen LogP contribution in [0.1, 0.15) is 18.0 Å². The molecule has 2 heterocycles. The van der Waals surface area contributed by atoms with Crippen molar-refractivity contribution in [2.24, 2.45) is 0 Å². The van der Waals surface area contributed by atoms with Gasteiger partial charge in [-0.2, -0.15) is 5.10 Å². The molecule has 1 fully saturated rings. The van der Waals surface area contributed by atoms with Crippen LogP contribution >= 0.6 is 31.7 Å². The molecule has 1 saturated heterocycles. The molecule has 302 valence electrons. The fraction of sp³-hybridized carbons (Fsp3) is 0.295. The van der Waals surface area contributed by atoms with Crippen molar-refractivity contribution in [2.75, 3.05) is 86.4 Å². The van der Waals surface area contributed by atoms with Crippen LogP contribution in [0.5, 0.6) is 0 Å². The number of nitrogens with one attached hydrogen (secondary N) is 2. The van der Waals surface area contributed by atoms with Gasteiger partial charge >= 0.3 is 0 Å². The molecule has 2 N–H and O–H groups in total. The predicted octanol–water partition coefficient (Wildman–Crippen LogP) is 9.41. The van der Waals surface area contributed by atoms with Gasteiger partial charge in [-0.05, 0) is 92.8 Å². The van der Waals surface area contributed by atoms with E-state index in [1.165, 1.54) is 21.7 Å². The van der Waals surface area contributed by atoms with E-state index in [4.69, 9.17) is 21.2 Å². The average Bonchev–Trinajstić information content (AvgIpc) is 3.69. The van der Waals surface area contributed by atoms with E-state index in [0.717, 1.165) is 78.8 Å². The van der Waals surface area contributed by atoms with E-state index >= 15 is 0 Å². The second kappa shape index (κ2) is 19.7. The zero-order valence-corrected chi connectivity index (χ0v) is 35.6. The molecular weight excluding hydrogens is 787 g/mol. The lowest BCUT2D eigenvalue weighted by Crippen LogP contribution is -2.46. The number of hydrogen-bond donors (Lipinski definition) is 2. The monoisotopic (exact) mass is 836 g/mol. The number of halogens is 1. The normalized spacial score (nSPS) is 16.0. The highest BCUT2D eigenvalue weighted by Gasteiger charge is 2.23. The number of piperazine rings is 1. The smallest absolute Gasteiger partial charge is 0.293 e. The van der Waals surface area contributed by atoms with E-state index in [-0.39, 0.29) is 16.5 Å². The highest BCUT2D eigenvalue weighted by molar-refractivity contribution is 7.99. The minimum Gasteiger partial charge on any atom is -0.379 e. The van der Waals surface area contributed by atoms with Crippen molar-refractivity contribution in [2.45, 2.75) is 23.8 Å². The first kappa shape index (κ1) is 41.3. The Morgan fingerprint density at radius 1 is 0.966 bits per heavy atom. The van der Waals surface area contributed by atoms with E-state index in [1.807, 2.05) is 30.3 Å². The highest BCUT2D eigenvalue weighted by atomic mass is 35.5. The third-order valence-electron chi connectivity index (χ3n) is 10.3. The number of allylic oxidation sites excluding steroid dienone is 4.